The molecular formula is C19H27NO. The Balaban J connectivity index is 1.96. The van der Waals surface area contributed by atoms with Crippen LogP contribution in [0.15, 0.2) is 35.9 Å². The number of benzene rings is 1. The molecule has 2 aliphatic rings. The van der Waals surface area contributed by atoms with E-state index in [0.29, 0.717) is 17.2 Å². The van der Waals surface area contributed by atoms with Crippen molar-refractivity contribution in [3.63, 3.8) is 0 Å². The first-order valence-electron chi connectivity index (χ1n) is 8.04. The van der Waals surface area contributed by atoms with Crippen molar-refractivity contribution in [3.8, 4) is 5.75 Å². The van der Waals surface area contributed by atoms with E-state index in [1.54, 1.807) is 17.7 Å². The van der Waals surface area contributed by atoms with E-state index in [4.69, 9.17) is 0 Å². The van der Waals surface area contributed by atoms with Gasteiger partial charge in [0.25, 0.3) is 0 Å². The van der Waals surface area contributed by atoms with Crippen LogP contribution in [0.5, 0.6) is 5.75 Å². The number of rotatable bonds is 2. The molecular weight excluding hydrogens is 258 g/mol. The van der Waals surface area contributed by atoms with Crippen LogP contribution in [0.3, 0.4) is 0 Å². The van der Waals surface area contributed by atoms with Crippen molar-refractivity contribution >= 4 is 0 Å². The Kier molecular flexibility index (Phi) is 3.40. The summed E-state index contributed by atoms with van der Waals surface area (Å²) in [6.45, 7) is 11.9. The van der Waals surface area contributed by atoms with E-state index >= 15 is 0 Å². The smallest absolute Gasteiger partial charge is 0.115 e. The molecule has 0 radical (unpaired) electrons. The van der Waals surface area contributed by atoms with Crippen LogP contribution in [0.2, 0.25) is 0 Å². The molecule has 0 saturated carbocycles. The average molecular weight is 285 g/mol. The van der Waals surface area contributed by atoms with Crippen LogP contribution in [0, 0.1) is 10.8 Å². The van der Waals surface area contributed by atoms with Crippen molar-refractivity contribution in [1.82, 2.24) is 4.90 Å². The van der Waals surface area contributed by atoms with Crippen LogP contribution < -0.4 is 0 Å². The standard InChI is InChI=1S/C19H27NO/c1-14-9-11-20-12-10-18(2,3)19(14,4)17(20)13-15-5-7-16(21)8-6-15/h5-9,17,21H,10-13H2,1-4H3. The van der Waals surface area contributed by atoms with Gasteiger partial charge in [-0.3, -0.25) is 4.90 Å². The monoisotopic (exact) mass is 285 g/mol. The van der Waals surface area contributed by atoms with Gasteiger partial charge in [-0.05, 0) is 49.4 Å². The second-order valence-corrected chi connectivity index (χ2v) is 7.60. The molecule has 1 N–H and O–H groups in total. The Bertz CT molecular complexity index is 557. The Morgan fingerprint density at radius 2 is 1.86 bits per heavy atom. The maximum absolute atomic E-state index is 9.48. The second kappa shape index (κ2) is 4.88. The number of phenolic OH excluding ortho intramolecular Hbond substituents is 1. The third-order valence-electron chi connectivity index (χ3n) is 6.35. The van der Waals surface area contributed by atoms with E-state index in [1.165, 1.54) is 18.5 Å². The summed E-state index contributed by atoms with van der Waals surface area (Å²) in [5.41, 5.74) is 3.42. The highest BCUT2D eigenvalue weighted by Gasteiger charge is 2.54. The summed E-state index contributed by atoms with van der Waals surface area (Å²) in [4.78, 5) is 2.64. The predicted molar refractivity (Wildman–Crippen MR) is 87.4 cm³/mol. The van der Waals surface area contributed by atoms with Crippen molar-refractivity contribution < 1.29 is 5.11 Å². The van der Waals surface area contributed by atoms with Gasteiger partial charge in [-0.1, -0.05) is 44.6 Å². The Morgan fingerprint density at radius 1 is 1.19 bits per heavy atom. The fourth-order valence-corrected chi connectivity index (χ4v) is 4.32. The van der Waals surface area contributed by atoms with Crippen LogP contribution >= 0.6 is 0 Å². The molecule has 2 heterocycles. The van der Waals surface area contributed by atoms with Gasteiger partial charge in [0.15, 0.2) is 0 Å². The molecule has 1 aromatic rings. The quantitative estimate of drug-likeness (QED) is 0.830. The maximum atomic E-state index is 9.48. The minimum absolute atomic E-state index is 0.224. The number of nitrogens with zero attached hydrogens (tertiary/aromatic N) is 1. The molecule has 2 heteroatoms. The number of fused-ring (bicyclic) bond motifs is 2. The number of hydrogen-bond acceptors (Lipinski definition) is 2. The topological polar surface area (TPSA) is 23.5 Å². The molecule has 1 fully saturated rings. The van der Waals surface area contributed by atoms with E-state index in [9.17, 15) is 5.11 Å². The normalized spacial score (nSPS) is 34.4. The van der Waals surface area contributed by atoms with E-state index < -0.39 is 0 Å². The first-order chi connectivity index (χ1) is 9.84. The summed E-state index contributed by atoms with van der Waals surface area (Å²) in [6, 6.07) is 8.29. The fraction of sp³-hybridized carbons (Fsp3) is 0.579. The Labute approximate surface area is 128 Å². The first kappa shape index (κ1) is 14.6. The molecule has 0 amide bonds. The molecule has 2 nitrogen and oxygen atoms in total. The lowest BCUT2D eigenvalue weighted by Gasteiger charge is -2.60. The second-order valence-electron chi connectivity index (χ2n) is 7.60. The lowest BCUT2D eigenvalue weighted by molar-refractivity contribution is -0.0529. The summed E-state index contributed by atoms with van der Waals surface area (Å²) in [5, 5.41) is 9.48. The van der Waals surface area contributed by atoms with Crippen molar-refractivity contribution in [3.05, 3.63) is 41.5 Å². The third-order valence-corrected chi connectivity index (χ3v) is 6.35. The zero-order valence-corrected chi connectivity index (χ0v) is 13.7. The molecule has 0 aromatic heterocycles. The Hall–Kier alpha value is -1.28. The largest absolute Gasteiger partial charge is 0.508 e. The summed E-state index contributed by atoms with van der Waals surface area (Å²) in [7, 11) is 0. The van der Waals surface area contributed by atoms with Gasteiger partial charge in [0.1, 0.15) is 5.75 Å². The van der Waals surface area contributed by atoms with Gasteiger partial charge in [-0.25, -0.2) is 0 Å². The van der Waals surface area contributed by atoms with Gasteiger partial charge >= 0.3 is 0 Å². The summed E-state index contributed by atoms with van der Waals surface area (Å²) < 4.78 is 0. The number of aromatic hydroxyl groups is 1. The predicted octanol–water partition coefficient (Wildman–Crippen LogP) is 4.00. The summed E-state index contributed by atoms with van der Waals surface area (Å²) >= 11 is 0. The van der Waals surface area contributed by atoms with Crippen LogP contribution in [0.25, 0.3) is 0 Å². The number of piperidine rings is 1. The molecule has 1 saturated heterocycles. The SMILES string of the molecule is CC1=CCN2CCC(C)(C)C1(C)C2Cc1ccc(O)cc1. The lowest BCUT2D eigenvalue weighted by atomic mass is 9.53. The maximum Gasteiger partial charge on any atom is 0.115 e. The third kappa shape index (κ3) is 2.20. The van der Waals surface area contributed by atoms with Gasteiger partial charge < -0.3 is 5.11 Å². The van der Waals surface area contributed by atoms with Crippen LogP contribution in [-0.2, 0) is 6.42 Å². The fourth-order valence-electron chi connectivity index (χ4n) is 4.32. The van der Waals surface area contributed by atoms with E-state index in [1.807, 2.05) is 0 Å². The van der Waals surface area contributed by atoms with Gasteiger partial charge in [0.05, 0.1) is 0 Å². The van der Waals surface area contributed by atoms with Gasteiger partial charge in [0, 0.05) is 18.0 Å². The lowest BCUT2D eigenvalue weighted by Crippen LogP contribution is -2.62. The molecule has 114 valence electrons. The molecule has 3 atom stereocenters. The average Bonchev–Trinajstić information content (AvgIpc) is 2.44. The van der Waals surface area contributed by atoms with Gasteiger partial charge in [-0.2, -0.15) is 0 Å². The molecule has 3 unspecified atom stereocenters. The van der Waals surface area contributed by atoms with E-state index in [0.717, 1.165) is 13.0 Å². The molecule has 2 bridgehead atoms. The minimum Gasteiger partial charge on any atom is -0.508 e. The van der Waals surface area contributed by atoms with Crippen LogP contribution in [-0.4, -0.2) is 29.1 Å². The zero-order chi connectivity index (χ0) is 15.3. The van der Waals surface area contributed by atoms with Crippen molar-refractivity contribution in [2.75, 3.05) is 13.1 Å². The van der Waals surface area contributed by atoms with Gasteiger partial charge in [0.2, 0.25) is 0 Å². The Morgan fingerprint density at radius 3 is 2.52 bits per heavy atom. The van der Waals surface area contributed by atoms with Crippen molar-refractivity contribution in [2.45, 2.75) is 46.6 Å². The highest BCUT2D eigenvalue weighted by Crippen LogP contribution is 2.55. The van der Waals surface area contributed by atoms with E-state index in [-0.39, 0.29) is 5.41 Å². The minimum atomic E-state index is 0.224. The molecule has 2 aliphatic heterocycles. The zero-order valence-electron chi connectivity index (χ0n) is 13.7. The first-order valence-corrected chi connectivity index (χ1v) is 8.04. The highest BCUT2D eigenvalue weighted by molar-refractivity contribution is 5.31. The van der Waals surface area contributed by atoms with Crippen LogP contribution in [0.1, 0.15) is 39.7 Å². The molecule has 0 spiro atoms. The molecule has 3 rings (SSSR count). The summed E-state index contributed by atoms with van der Waals surface area (Å²) in [6.07, 6.45) is 4.75. The molecule has 21 heavy (non-hydrogen) atoms. The van der Waals surface area contributed by atoms with Gasteiger partial charge in [-0.15, -0.1) is 0 Å². The summed E-state index contributed by atoms with van der Waals surface area (Å²) in [5.74, 6) is 0.352. The van der Waals surface area contributed by atoms with Crippen molar-refractivity contribution in [1.29, 1.82) is 0 Å². The van der Waals surface area contributed by atoms with Crippen LogP contribution in [0.4, 0.5) is 0 Å². The number of hydrogen-bond donors (Lipinski definition) is 1. The molecule has 0 aliphatic carbocycles. The highest BCUT2D eigenvalue weighted by atomic mass is 16.3. The molecule has 1 aromatic carbocycles. The number of phenols is 1. The van der Waals surface area contributed by atoms with Crippen molar-refractivity contribution in [2.24, 2.45) is 10.8 Å². The van der Waals surface area contributed by atoms with E-state index in [2.05, 4.69) is 50.8 Å².